The number of hydrogen-bond donors (Lipinski definition) is 3. The van der Waals surface area contributed by atoms with Crippen LogP contribution in [0.5, 0.6) is 0 Å². The maximum absolute atomic E-state index is 12.4. The minimum absolute atomic E-state index is 0.0755. The molecule has 0 saturated heterocycles. The zero-order chi connectivity index (χ0) is 42.1. The van der Waals surface area contributed by atoms with Crippen LogP contribution in [0, 0.1) is 0 Å². The molecule has 342 valence electrons. The van der Waals surface area contributed by atoms with Crippen molar-refractivity contribution in [1.82, 2.24) is 5.32 Å². The molecule has 2 atom stereocenters. The lowest BCUT2D eigenvalue weighted by molar-refractivity contribution is -0.123. The molecular weight excluding hydrogens is 711 g/mol. The van der Waals surface area contributed by atoms with Crippen molar-refractivity contribution in [2.75, 3.05) is 6.61 Å². The van der Waals surface area contributed by atoms with Crippen LogP contribution in [0.3, 0.4) is 0 Å². The van der Waals surface area contributed by atoms with Gasteiger partial charge in [0, 0.05) is 6.42 Å². The number of unbranched alkanes of at least 4 members (excludes halogenated alkanes) is 37. The van der Waals surface area contributed by atoms with Crippen LogP contribution in [-0.2, 0) is 4.79 Å². The quantitative estimate of drug-likeness (QED) is 0.0423. The first kappa shape index (κ1) is 56.6. The van der Waals surface area contributed by atoms with Gasteiger partial charge in [-0.25, -0.2) is 0 Å². The number of hydrogen-bond acceptors (Lipinski definition) is 3. The minimum Gasteiger partial charge on any atom is -0.394 e. The van der Waals surface area contributed by atoms with E-state index in [1.54, 1.807) is 6.08 Å². The second-order valence-electron chi connectivity index (χ2n) is 17.9. The van der Waals surface area contributed by atoms with Gasteiger partial charge in [0.2, 0.25) is 5.91 Å². The first-order valence-electron chi connectivity index (χ1n) is 26.2. The average Bonchev–Trinajstić information content (AvgIpc) is 3.23. The standard InChI is InChI=1S/C54H103NO3/c1-3-5-7-9-11-13-15-16-17-18-19-20-21-22-23-24-25-26-27-28-29-30-31-32-33-34-35-36-37-38-40-42-44-46-48-50-54(58)55-52(51-56)53(57)49-47-45-43-41-39-14-12-10-8-6-4-2/h8,10,39,41,47,49,52-53,56-57H,3-7,9,11-38,40,42-46,48,50-51H2,1-2H3,(H,55,58)/b10-8+,41-39+,49-47+. The molecule has 0 radical (unpaired) electrons. The van der Waals surface area contributed by atoms with Crippen molar-refractivity contribution in [3.05, 3.63) is 36.5 Å². The van der Waals surface area contributed by atoms with Gasteiger partial charge in [-0.2, -0.15) is 0 Å². The number of allylic oxidation sites excluding steroid dienone is 5. The smallest absolute Gasteiger partial charge is 0.220 e. The van der Waals surface area contributed by atoms with Gasteiger partial charge < -0.3 is 15.5 Å². The normalized spacial score (nSPS) is 13.1. The second kappa shape index (κ2) is 50.0. The highest BCUT2D eigenvalue weighted by Crippen LogP contribution is 2.17. The van der Waals surface area contributed by atoms with Crippen LogP contribution in [-0.4, -0.2) is 34.9 Å². The molecule has 0 saturated carbocycles. The number of nitrogens with one attached hydrogen (secondary N) is 1. The third-order valence-corrected chi connectivity index (χ3v) is 12.1. The largest absolute Gasteiger partial charge is 0.394 e. The molecule has 4 nitrogen and oxygen atoms in total. The molecule has 4 heteroatoms. The van der Waals surface area contributed by atoms with E-state index in [1.165, 1.54) is 218 Å². The Kier molecular flexibility index (Phi) is 48.8. The summed E-state index contributed by atoms with van der Waals surface area (Å²) in [6.07, 6.45) is 67.5. The Morgan fingerprint density at radius 3 is 0.966 bits per heavy atom. The molecule has 0 aliphatic rings. The fourth-order valence-electron chi connectivity index (χ4n) is 8.10. The zero-order valence-electron chi connectivity index (χ0n) is 39.3. The monoisotopic (exact) mass is 814 g/mol. The van der Waals surface area contributed by atoms with E-state index in [0.717, 1.165) is 44.9 Å². The molecule has 0 aliphatic heterocycles. The number of amides is 1. The maximum Gasteiger partial charge on any atom is 0.220 e. The molecule has 0 heterocycles. The Hall–Kier alpha value is -1.39. The number of carbonyl (C=O) groups is 1. The Labute approximate surface area is 363 Å². The number of aliphatic hydroxyl groups is 2. The van der Waals surface area contributed by atoms with E-state index in [9.17, 15) is 15.0 Å². The molecule has 0 bridgehead atoms. The number of rotatable bonds is 48. The van der Waals surface area contributed by atoms with E-state index in [4.69, 9.17) is 0 Å². The van der Waals surface area contributed by atoms with Gasteiger partial charge >= 0.3 is 0 Å². The summed E-state index contributed by atoms with van der Waals surface area (Å²) in [5, 5.41) is 22.9. The molecule has 2 unspecified atom stereocenters. The third-order valence-electron chi connectivity index (χ3n) is 12.1. The van der Waals surface area contributed by atoms with E-state index < -0.39 is 12.1 Å². The van der Waals surface area contributed by atoms with Crippen molar-refractivity contribution in [3.63, 3.8) is 0 Å². The van der Waals surface area contributed by atoms with Crippen LogP contribution < -0.4 is 5.32 Å². The highest BCUT2D eigenvalue weighted by Gasteiger charge is 2.17. The number of aliphatic hydroxyl groups excluding tert-OH is 2. The van der Waals surface area contributed by atoms with Gasteiger partial charge in [-0.05, 0) is 38.5 Å². The first-order valence-corrected chi connectivity index (χ1v) is 26.2. The van der Waals surface area contributed by atoms with E-state index >= 15 is 0 Å². The third kappa shape index (κ3) is 45.7. The predicted octanol–water partition coefficient (Wildman–Crippen LogP) is 16.9. The summed E-state index contributed by atoms with van der Waals surface area (Å²) >= 11 is 0. The van der Waals surface area contributed by atoms with Gasteiger partial charge in [0.15, 0.2) is 0 Å². The Morgan fingerprint density at radius 2 is 0.672 bits per heavy atom. The highest BCUT2D eigenvalue weighted by atomic mass is 16.3. The van der Waals surface area contributed by atoms with Gasteiger partial charge in [0.05, 0.1) is 18.8 Å². The van der Waals surface area contributed by atoms with Crippen molar-refractivity contribution in [2.24, 2.45) is 0 Å². The van der Waals surface area contributed by atoms with Crippen molar-refractivity contribution >= 4 is 5.91 Å². The molecule has 0 fully saturated rings. The molecule has 3 N–H and O–H groups in total. The van der Waals surface area contributed by atoms with Crippen LogP contribution in [0.4, 0.5) is 0 Å². The average molecular weight is 814 g/mol. The van der Waals surface area contributed by atoms with E-state index in [-0.39, 0.29) is 12.5 Å². The SMILES string of the molecule is CCC/C=C/CC/C=C/CC/C=C/C(O)C(CO)NC(=O)CCCCCCCCCCCCCCCCCCCCCCCCCCCCCCCCCCCCC. The van der Waals surface area contributed by atoms with Crippen LogP contribution in [0.1, 0.15) is 284 Å². The predicted molar refractivity (Wildman–Crippen MR) is 258 cm³/mol. The Bertz CT molecular complexity index is 882. The zero-order valence-corrected chi connectivity index (χ0v) is 39.3. The number of carbonyl (C=O) groups excluding carboxylic acids is 1. The van der Waals surface area contributed by atoms with E-state index in [1.807, 2.05) is 6.08 Å². The fourth-order valence-corrected chi connectivity index (χ4v) is 8.10. The van der Waals surface area contributed by atoms with Crippen molar-refractivity contribution < 1.29 is 15.0 Å². The van der Waals surface area contributed by atoms with Crippen LogP contribution >= 0.6 is 0 Å². The van der Waals surface area contributed by atoms with E-state index in [2.05, 4.69) is 43.5 Å². The molecular formula is C54H103NO3. The van der Waals surface area contributed by atoms with Crippen LogP contribution in [0.15, 0.2) is 36.5 Å². The molecule has 0 aromatic carbocycles. The summed E-state index contributed by atoms with van der Waals surface area (Å²) in [5.41, 5.74) is 0. The van der Waals surface area contributed by atoms with Crippen LogP contribution in [0.2, 0.25) is 0 Å². The lowest BCUT2D eigenvalue weighted by Crippen LogP contribution is -2.45. The summed E-state index contributed by atoms with van der Waals surface area (Å²) in [5.74, 6) is -0.0755. The van der Waals surface area contributed by atoms with Gasteiger partial charge in [0.1, 0.15) is 0 Å². The Balaban J connectivity index is 3.37. The lowest BCUT2D eigenvalue weighted by atomic mass is 10.0. The van der Waals surface area contributed by atoms with Crippen molar-refractivity contribution in [2.45, 2.75) is 296 Å². The molecule has 0 spiro atoms. The molecule has 58 heavy (non-hydrogen) atoms. The van der Waals surface area contributed by atoms with Crippen LogP contribution in [0.25, 0.3) is 0 Å². The van der Waals surface area contributed by atoms with Crippen molar-refractivity contribution in [1.29, 1.82) is 0 Å². The molecule has 1 amide bonds. The van der Waals surface area contributed by atoms with Gasteiger partial charge in [-0.15, -0.1) is 0 Å². The summed E-state index contributed by atoms with van der Waals surface area (Å²) in [6.45, 7) is 4.24. The molecule has 0 aromatic rings. The minimum atomic E-state index is -0.866. The fraction of sp³-hybridized carbons (Fsp3) is 0.870. The molecule has 0 aromatic heterocycles. The summed E-state index contributed by atoms with van der Waals surface area (Å²) in [7, 11) is 0. The molecule has 0 rings (SSSR count). The van der Waals surface area contributed by atoms with E-state index in [0.29, 0.717) is 6.42 Å². The summed E-state index contributed by atoms with van der Waals surface area (Å²) in [6, 6.07) is -0.641. The second-order valence-corrected chi connectivity index (χ2v) is 17.9. The topological polar surface area (TPSA) is 69.6 Å². The summed E-state index contributed by atoms with van der Waals surface area (Å²) in [4.78, 5) is 12.4. The van der Waals surface area contributed by atoms with Gasteiger partial charge in [-0.3, -0.25) is 4.79 Å². The maximum atomic E-state index is 12.4. The first-order chi connectivity index (χ1) is 28.7. The Morgan fingerprint density at radius 1 is 0.397 bits per heavy atom. The molecule has 0 aliphatic carbocycles. The van der Waals surface area contributed by atoms with Gasteiger partial charge in [-0.1, -0.05) is 275 Å². The van der Waals surface area contributed by atoms with Gasteiger partial charge in [0.25, 0.3) is 0 Å². The highest BCUT2D eigenvalue weighted by molar-refractivity contribution is 5.76. The lowest BCUT2D eigenvalue weighted by Gasteiger charge is -2.19. The van der Waals surface area contributed by atoms with Crippen molar-refractivity contribution in [3.8, 4) is 0 Å². The summed E-state index contributed by atoms with van der Waals surface area (Å²) < 4.78 is 0.